The van der Waals surface area contributed by atoms with Crippen molar-refractivity contribution in [1.29, 1.82) is 0 Å². The highest BCUT2D eigenvalue weighted by Gasteiger charge is 2.31. The molecule has 2 atom stereocenters. The van der Waals surface area contributed by atoms with Gasteiger partial charge in [-0.3, -0.25) is 29.2 Å². The SMILES string of the molecule is CNC(=O)COc1cc2cc(Nc3nc(N4CCC[C@@H](CCNc5ccc6c([C@H]7CCC(=O)NC7=O)nn(C)c6c5)C4)ncc3Cl)ccc2n(C)c1=O. The van der Waals surface area contributed by atoms with Crippen LogP contribution >= 0.6 is 11.6 Å². The Bertz CT molecular complexity index is 2290. The van der Waals surface area contributed by atoms with Crippen molar-refractivity contribution >= 4 is 74.3 Å². The number of hydrogen-bond donors (Lipinski definition) is 4. The molecule has 2 aromatic carbocycles. The van der Waals surface area contributed by atoms with E-state index < -0.39 is 5.92 Å². The molecule has 0 unspecified atom stereocenters. The van der Waals surface area contributed by atoms with Crippen LogP contribution in [-0.4, -0.2) is 75.3 Å². The molecule has 53 heavy (non-hydrogen) atoms. The third-order valence-corrected chi connectivity index (χ3v) is 10.2. The lowest BCUT2D eigenvalue weighted by atomic mass is 9.93. The Morgan fingerprint density at radius 2 is 1.89 bits per heavy atom. The number of halogens is 1. The highest BCUT2D eigenvalue weighted by Crippen LogP contribution is 2.33. The predicted molar refractivity (Wildman–Crippen MR) is 203 cm³/mol. The molecule has 16 heteroatoms. The Morgan fingerprint density at radius 3 is 2.70 bits per heavy atom. The monoisotopic (exact) mass is 740 g/mol. The normalized spacial score (nSPS) is 17.5. The molecule has 7 rings (SSSR count). The average molecular weight is 741 g/mol. The lowest BCUT2D eigenvalue weighted by Gasteiger charge is -2.33. The van der Waals surface area contributed by atoms with Gasteiger partial charge in [0.1, 0.15) is 5.02 Å². The number of fused-ring (bicyclic) bond motifs is 2. The van der Waals surface area contributed by atoms with Crippen LogP contribution in [0.2, 0.25) is 5.02 Å². The van der Waals surface area contributed by atoms with Crippen molar-refractivity contribution in [2.75, 3.05) is 48.8 Å². The first-order chi connectivity index (χ1) is 25.6. The summed E-state index contributed by atoms with van der Waals surface area (Å²) in [5, 5.41) is 18.5. The van der Waals surface area contributed by atoms with Gasteiger partial charge in [0.2, 0.25) is 17.8 Å². The van der Waals surface area contributed by atoms with Crippen LogP contribution < -0.4 is 36.5 Å². The highest BCUT2D eigenvalue weighted by molar-refractivity contribution is 6.33. The van der Waals surface area contributed by atoms with Crippen molar-refractivity contribution in [2.45, 2.75) is 38.0 Å². The number of nitrogens with zero attached hydrogens (tertiary/aromatic N) is 6. The summed E-state index contributed by atoms with van der Waals surface area (Å²) in [4.78, 5) is 60.2. The van der Waals surface area contributed by atoms with E-state index in [0.29, 0.717) is 52.4 Å². The fraction of sp³-hybridized carbons (Fsp3) is 0.378. The summed E-state index contributed by atoms with van der Waals surface area (Å²) in [7, 11) is 5.03. The zero-order valence-corrected chi connectivity index (χ0v) is 30.5. The molecule has 0 radical (unpaired) electrons. The van der Waals surface area contributed by atoms with Gasteiger partial charge in [-0.1, -0.05) is 11.6 Å². The predicted octanol–water partition coefficient (Wildman–Crippen LogP) is 3.98. The zero-order chi connectivity index (χ0) is 37.2. The number of imide groups is 1. The summed E-state index contributed by atoms with van der Waals surface area (Å²) < 4.78 is 8.77. The Labute approximate surface area is 310 Å². The largest absolute Gasteiger partial charge is 0.478 e. The third kappa shape index (κ3) is 7.61. The number of amides is 3. The molecule has 0 aliphatic carbocycles. The van der Waals surface area contributed by atoms with Crippen molar-refractivity contribution in [2.24, 2.45) is 20.0 Å². The maximum absolute atomic E-state index is 12.8. The molecule has 5 aromatic rings. The number of rotatable bonds is 11. The molecule has 4 N–H and O–H groups in total. The number of aromatic nitrogens is 5. The van der Waals surface area contributed by atoms with Crippen LogP contribution in [0.3, 0.4) is 0 Å². The van der Waals surface area contributed by atoms with Crippen LogP contribution in [0.25, 0.3) is 21.8 Å². The van der Waals surface area contributed by atoms with Gasteiger partial charge in [0.05, 0.1) is 28.8 Å². The molecule has 2 aliphatic heterocycles. The smallest absolute Gasteiger partial charge is 0.293 e. The lowest BCUT2D eigenvalue weighted by molar-refractivity contribution is -0.134. The van der Waals surface area contributed by atoms with Crippen LogP contribution in [0.5, 0.6) is 5.75 Å². The minimum atomic E-state index is -0.436. The summed E-state index contributed by atoms with van der Waals surface area (Å²) in [6, 6.07) is 13.2. The Balaban J connectivity index is 0.987. The third-order valence-electron chi connectivity index (χ3n) is 9.96. The number of anilines is 4. The standard InChI is InChI=1S/C37H41ClN10O5/c1-39-32(50)20-53-30-16-22-15-24(7-10-28(22)46(2)36(30)52)42-34-27(38)18-41-37(44-34)48-14-4-5-21(19-48)12-13-40-23-6-8-25-29(17-23)47(3)45-33(25)26-9-11-31(49)43-35(26)51/h6-8,10,15-18,21,26,40H,4-5,9,11-14,19-20H2,1-3H3,(H,39,50)(H,41,42,44)(H,43,49,51)/t21-,26+/m0/s1. The topological polar surface area (TPSA) is 177 Å². The molecule has 3 amide bonds. The van der Waals surface area contributed by atoms with Gasteiger partial charge in [-0.15, -0.1) is 0 Å². The molecule has 0 bridgehead atoms. The number of nitrogens with one attached hydrogen (secondary N) is 4. The van der Waals surface area contributed by atoms with E-state index in [1.165, 1.54) is 11.6 Å². The fourth-order valence-corrected chi connectivity index (χ4v) is 7.23. The maximum atomic E-state index is 12.8. The Hall–Kier alpha value is -5.70. The summed E-state index contributed by atoms with van der Waals surface area (Å²) in [5.74, 6) is 0.267. The van der Waals surface area contributed by atoms with Crippen LogP contribution in [0.1, 0.15) is 43.7 Å². The van der Waals surface area contributed by atoms with Gasteiger partial charge >= 0.3 is 0 Å². The van der Waals surface area contributed by atoms with Gasteiger partial charge < -0.3 is 30.2 Å². The highest BCUT2D eigenvalue weighted by atomic mass is 35.5. The number of carbonyl (C=O) groups excluding carboxylic acids is 3. The number of ether oxygens (including phenoxy) is 1. The summed E-state index contributed by atoms with van der Waals surface area (Å²) in [5.41, 5.74) is 3.67. The van der Waals surface area contributed by atoms with Crippen molar-refractivity contribution in [3.63, 3.8) is 0 Å². The number of benzene rings is 2. The van der Waals surface area contributed by atoms with Crippen molar-refractivity contribution in [1.82, 2.24) is 34.9 Å². The molecule has 5 heterocycles. The Kier molecular flexibility index (Phi) is 10.2. The molecule has 15 nitrogen and oxygen atoms in total. The second-order valence-electron chi connectivity index (χ2n) is 13.5. The van der Waals surface area contributed by atoms with E-state index in [1.807, 2.05) is 37.4 Å². The molecule has 0 saturated carbocycles. The van der Waals surface area contributed by atoms with E-state index in [4.69, 9.17) is 21.3 Å². The molecule has 0 spiro atoms. The van der Waals surface area contributed by atoms with Crippen molar-refractivity contribution in [3.8, 4) is 5.75 Å². The van der Waals surface area contributed by atoms with E-state index >= 15 is 0 Å². The molecule has 3 aromatic heterocycles. The second-order valence-corrected chi connectivity index (χ2v) is 13.9. The number of hydrogen-bond acceptors (Lipinski definition) is 11. The summed E-state index contributed by atoms with van der Waals surface area (Å²) in [6.07, 6.45) is 5.44. The van der Waals surface area contributed by atoms with Crippen LogP contribution in [0.4, 0.5) is 23.1 Å². The minimum absolute atomic E-state index is 0.0769. The molecular formula is C37H41ClN10O5. The second kappa shape index (κ2) is 15.1. The number of pyridine rings is 1. The number of piperidine rings is 2. The molecule has 2 aliphatic rings. The van der Waals surface area contributed by atoms with Crippen molar-refractivity contribution < 1.29 is 19.1 Å². The van der Waals surface area contributed by atoms with E-state index in [9.17, 15) is 19.2 Å². The van der Waals surface area contributed by atoms with E-state index in [2.05, 4.69) is 42.3 Å². The first-order valence-corrected chi connectivity index (χ1v) is 18.0. The Morgan fingerprint density at radius 1 is 1.06 bits per heavy atom. The first-order valence-electron chi connectivity index (χ1n) is 17.6. The van der Waals surface area contributed by atoms with Gasteiger partial charge in [-0.05, 0) is 74.1 Å². The van der Waals surface area contributed by atoms with Crippen molar-refractivity contribution in [3.05, 3.63) is 69.7 Å². The maximum Gasteiger partial charge on any atom is 0.293 e. The number of carbonyl (C=O) groups is 3. The zero-order valence-electron chi connectivity index (χ0n) is 29.7. The quantitative estimate of drug-likeness (QED) is 0.144. The van der Waals surface area contributed by atoms with Gasteiger partial charge in [0.15, 0.2) is 18.2 Å². The number of aryl methyl sites for hydroxylation is 2. The van der Waals surface area contributed by atoms with Gasteiger partial charge in [-0.2, -0.15) is 10.1 Å². The average Bonchev–Trinajstić information content (AvgIpc) is 3.48. The van der Waals surface area contributed by atoms with E-state index in [0.717, 1.165) is 60.9 Å². The van der Waals surface area contributed by atoms with E-state index in [-0.39, 0.29) is 35.6 Å². The van der Waals surface area contributed by atoms with Gasteiger partial charge in [-0.25, -0.2) is 4.98 Å². The molecular weight excluding hydrogens is 700 g/mol. The van der Waals surface area contributed by atoms with E-state index in [1.54, 1.807) is 24.0 Å². The van der Waals surface area contributed by atoms with Gasteiger partial charge in [0.25, 0.3) is 11.5 Å². The molecule has 2 fully saturated rings. The summed E-state index contributed by atoms with van der Waals surface area (Å²) >= 11 is 6.56. The first kappa shape index (κ1) is 35.7. The molecule has 276 valence electrons. The van der Waals surface area contributed by atoms with Crippen LogP contribution in [-0.2, 0) is 28.5 Å². The molecule has 2 saturated heterocycles. The summed E-state index contributed by atoms with van der Waals surface area (Å²) in [6.45, 7) is 2.16. The lowest BCUT2D eigenvalue weighted by Crippen LogP contribution is -2.39. The van der Waals surface area contributed by atoms with Crippen LogP contribution in [0.15, 0.2) is 53.5 Å². The fourth-order valence-electron chi connectivity index (χ4n) is 7.09. The van der Waals surface area contributed by atoms with Crippen LogP contribution in [0, 0.1) is 5.92 Å². The number of likely N-dealkylation sites (N-methyl/N-ethyl adjacent to an activating group) is 1. The minimum Gasteiger partial charge on any atom is -0.478 e. The van der Waals surface area contributed by atoms with Gasteiger partial charge in [0, 0.05) is 69.3 Å².